The smallest absolute Gasteiger partial charge is 0.0809 e. The van der Waals surface area contributed by atoms with Crippen molar-refractivity contribution in [3.63, 3.8) is 0 Å². The summed E-state index contributed by atoms with van der Waals surface area (Å²) in [5.74, 6) is 0.923. The van der Waals surface area contributed by atoms with E-state index in [1.165, 1.54) is 42.4 Å². The van der Waals surface area contributed by atoms with Crippen molar-refractivity contribution in [3.05, 3.63) is 29.3 Å². The van der Waals surface area contributed by atoms with Crippen LogP contribution in [0.1, 0.15) is 57.6 Å². The Morgan fingerprint density at radius 2 is 2.35 bits per heavy atom. The van der Waals surface area contributed by atoms with Gasteiger partial charge in [0.15, 0.2) is 0 Å². The molecule has 108 valence electrons. The van der Waals surface area contributed by atoms with Gasteiger partial charge in [-0.15, -0.1) is 11.3 Å². The van der Waals surface area contributed by atoms with Gasteiger partial charge in [-0.25, -0.2) is 0 Å². The highest BCUT2D eigenvalue weighted by Gasteiger charge is 2.22. The fourth-order valence-electron chi connectivity index (χ4n) is 3.36. The quantitative estimate of drug-likeness (QED) is 0.864. The van der Waals surface area contributed by atoms with Gasteiger partial charge in [0.2, 0.25) is 0 Å². The molecule has 1 aliphatic carbocycles. The van der Waals surface area contributed by atoms with Crippen molar-refractivity contribution in [2.24, 2.45) is 5.92 Å². The SMILES string of the molecule is CCC1CCCC(NC(C)c2cnc3ccsc3c2)C1. The molecule has 20 heavy (non-hydrogen) atoms. The molecule has 3 rings (SSSR count). The van der Waals surface area contributed by atoms with E-state index in [4.69, 9.17) is 0 Å². The first-order valence-corrected chi connectivity index (χ1v) is 8.73. The van der Waals surface area contributed by atoms with E-state index in [1.807, 2.05) is 6.20 Å². The molecule has 0 radical (unpaired) electrons. The lowest BCUT2D eigenvalue weighted by Crippen LogP contribution is -2.35. The van der Waals surface area contributed by atoms with Gasteiger partial charge < -0.3 is 5.32 Å². The minimum Gasteiger partial charge on any atom is -0.307 e. The van der Waals surface area contributed by atoms with E-state index < -0.39 is 0 Å². The molecule has 1 saturated carbocycles. The molecule has 2 heterocycles. The molecule has 1 N–H and O–H groups in total. The number of hydrogen-bond donors (Lipinski definition) is 1. The minimum atomic E-state index is 0.398. The van der Waals surface area contributed by atoms with Gasteiger partial charge in [0.1, 0.15) is 0 Å². The van der Waals surface area contributed by atoms with Crippen LogP contribution in [0.3, 0.4) is 0 Å². The van der Waals surface area contributed by atoms with Crippen molar-refractivity contribution >= 4 is 21.6 Å². The summed E-state index contributed by atoms with van der Waals surface area (Å²) in [6, 6.07) is 5.47. The first kappa shape index (κ1) is 14.0. The van der Waals surface area contributed by atoms with E-state index in [2.05, 4.69) is 41.7 Å². The zero-order valence-electron chi connectivity index (χ0n) is 12.4. The van der Waals surface area contributed by atoms with E-state index in [9.17, 15) is 0 Å². The average Bonchev–Trinajstić information content (AvgIpc) is 2.94. The molecule has 2 aromatic rings. The molecule has 0 amide bonds. The number of rotatable bonds is 4. The molecule has 0 bridgehead atoms. The first-order valence-electron chi connectivity index (χ1n) is 7.85. The number of nitrogens with one attached hydrogen (secondary N) is 1. The van der Waals surface area contributed by atoms with Crippen LogP contribution in [0.2, 0.25) is 0 Å². The van der Waals surface area contributed by atoms with E-state index >= 15 is 0 Å². The van der Waals surface area contributed by atoms with Gasteiger partial charge in [0, 0.05) is 18.3 Å². The summed E-state index contributed by atoms with van der Waals surface area (Å²) in [6.07, 6.45) is 8.84. The summed E-state index contributed by atoms with van der Waals surface area (Å²) in [7, 11) is 0. The summed E-state index contributed by atoms with van der Waals surface area (Å²) in [6.45, 7) is 4.59. The third kappa shape index (κ3) is 3.04. The minimum absolute atomic E-state index is 0.398. The average molecular weight is 288 g/mol. The van der Waals surface area contributed by atoms with Gasteiger partial charge >= 0.3 is 0 Å². The third-order valence-corrected chi connectivity index (χ3v) is 5.52. The second kappa shape index (κ2) is 6.23. The van der Waals surface area contributed by atoms with Crippen molar-refractivity contribution in [2.45, 2.75) is 58.0 Å². The fourth-order valence-corrected chi connectivity index (χ4v) is 4.15. The monoisotopic (exact) mass is 288 g/mol. The van der Waals surface area contributed by atoms with Crippen LogP contribution < -0.4 is 5.32 Å². The molecule has 0 spiro atoms. The van der Waals surface area contributed by atoms with E-state index in [1.54, 1.807) is 11.3 Å². The van der Waals surface area contributed by atoms with Gasteiger partial charge in [0.25, 0.3) is 0 Å². The standard InChI is InChI=1S/C17H24N2S/c1-3-13-5-4-6-15(9-13)19-12(2)14-10-17-16(18-11-14)7-8-20-17/h7-8,10-13,15,19H,3-6,9H2,1-2H3. The summed E-state index contributed by atoms with van der Waals surface area (Å²) in [5, 5.41) is 5.94. The zero-order chi connectivity index (χ0) is 13.9. The predicted molar refractivity (Wildman–Crippen MR) is 87.2 cm³/mol. The van der Waals surface area contributed by atoms with Crippen LogP contribution >= 0.6 is 11.3 Å². The number of fused-ring (bicyclic) bond motifs is 1. The summed E-state index contributed by atoms with van der Waals surface area (Å²) >= 11 is 1.78. The molecule has 0 saturated heterocycles. The maximum atomic E-state index is 4.56. The Balaban J connectivity index is 1.67. The van der Waals surface area contributed by atoms with Crippen LogP contribution in [0.4, 0.5) is 0 Å². The highest BCUT2D eigenvalue weighted by atomic mass is 32.1. The highest BCUT2D eigenvalue weighted by molar-refractivity contribution is 7.17. The van der Waals surface area contributed by atoms with Crippen molar-refractivity contribution in [2.75, 3.05) is 0 Å². The van der Waals surface area contributed by atoms with E-state index in [-0.39, 0.29) is 0 Å². The maximum absolute atomic E-state index is 4.56. The Hall–Kier alpha value is -0.930. The second-order valence-corrected chi connectivity index (χ2v) is 7.05. The highest BCUT2D eigenvalue weighted by Crippen LogP contribution is 2.29. The predicted octanol–water partition coefficient (Wildman–Crippen LogP) is 4.92. The van der Waals surface area contributed by atoms with Gasteiger partial charge in [-0.05, 0) is 48.8 Å². The number of nitrogens with zero attached hydrogens (tertiary/aromatic N) is 1. The number of thiophene rings is 1. The van der Waals surface area contributed by atoms with Crippen LogP contribution in [-0.4, -0.2) is 11.0 Å². The molecule has 3 unspecified atom stereocenters. The fraction of sp³-hybridized carbons (Fsp3) is 0.588. The second-order valence-electron chi connectivity index (χ2n) is 6.10. The van der Waals surface area contributed by atoms with Gasteiger partial charge in [0.05, 0.1) is 10.2 Å². The lowest BCUT2D eigenvalue weighted by atomic mass is 9.84. The molecule has 1 aliphatic rings. The maximum Gasteiger partial charge on any atom is 0.0809 e. The lowest BCUT2D eigenvalue weighted by Gasteiger charge is -2.31. The topological polar surface area (TPSA) is 24.9 Å². The van der Waals surface area contributed by atoms with Crippen molar-refractivity contribution in [1.29, 1.82) is 0 Å². The van der Waals surface area contributed by atoms with Crippen LogP contribution in [0.25, 0.3) is 10.2 Å². The summed E-state index contributed by atoms with van der Waals surface area (Å²) in [5.41, 5.74) is 2.44. The normalized spacial score (nSPS) is 24.9. The Labute approximate surface area is 125 Å². The Kier molecular flexibility index (Phi) is 4.37. The lowest BCUT2D eigenvalue weighted by molar-refractivity contribution is 0.266. The number of pyridine rings is 1. The molecule has 3 atom stereocenters. The molecular weight excluding hydrogens is 264 g/mol. The van der Waals surface area contributed by atoms with Crippen LogP contribution in [0, 0.1) is 5.92 Å². The zero-order valence-corrected chi connectivity index (χ0v) is 13.2. The Morgan fingerprint density at radius 3 is 3.20 bits per heavy atom. The van der Waals surface area contributed by atoms with Crippen LogP contribution in [-0.2, 0) is 0 Å². The number of hydrogen-bond acceptors (Lipinski definition) is 3. The third-order valence-electron chi connectivity index (χ3n) is 4.67. The van der Waals surface area contributed by atoms with Crippen LogP contribution in [0.5, 0.6) is 0 Å². The van der Waals surface area contributed by atoms with Gasteiger partial charge in [-0.1, -0.05) is 26.2 Å². The summed E-state index contributed by atoms with van der Waals surface area (Å²) < 4.78 is 1.30. The van der Waals surface area contributed by atoms with Crippen molar-refractivity contribution < 1.29 is 0 Å². The number of aromatic nitrogens is 1. The molecule has 0 aliphatic heterocycles. The van der Waals surface area contributed by atoms with Gasteiger partial charge in [-0.2, -0.15) is 0 Å². The van der Waals surface area contributed by atoms with E-state index in [0.717, 1.165) is 11.4 Å². The molecule has 0 aromatic carbocycles. The molecule has 2 aromatic heterocycles. The Bertz CT molecular complexity index is 563. The first-order chi connectivity index (χ1) is 9.76. The Morgan fingerprint density at radius 1 is 1.45 bits per heavy atom. The van der Waals surface area contributed by atoms with E-state index in [0.29, 0.717) is 12.1 Å². The van der Waals surface area contributed by atoms with Crippen LogP contribution in [0.15, 0.2) is 23.7 Å². The molecular formula is C17H24N2S. The summed E-state index contributed by atoms with van der Waals surface area (Å²) in [4.78, 5) is 4.56. The molecule has 3 heteroatoms. The van der Waals surface area contributed by atoms with Gasteiger partial charge in [-0.3, -0.25) is 4.98 Å². The molecule has 1 fully saturated rings. The largest absolute Gasteiger partial charge is 0.307 e. The van der Waals surface area contributed by atoms with Crippen molar-refractivity contribution in [3.8, 4) is 0 Å². The van der Waals surface area contributed by atoms with Crippen molar-refractivity contribution in [1.82, 2.24) is 10.3 Å². The molecule has 2 nitrogen and oxygen atoms in total.